The molecule has 0 saturated carbocycles. The Labute approximate surface area is 91.9 Å². The minimum atomic E-state index is -0.519. The van der Waals surface area contributed by atoms with Gasteiger partial charge in [-0.1, -0.05) is 28.1 Å². The summed E-state index contributed by atoms with van der Waals surface area (Å²) in [6.45, 7) is 1.06. The zero-order valence-electron chi connectivity index (χ0n) is 7.78. The Kier molecular flexibility index (Phi) is 5.11. The number of hydrogen-bond acceptors (Lipinski definition) is 3. The average Bonchev–Trinajstić information content (AvgIpc) is 2.19. The number of aliphatic hydroxyl groups is 2. The molecule has 1 aromatic carbocycles. The molecule has 0 fully saturated rings. The number of nitrogens with one attached hydrogen (secondary N) is 1. The van der Waals surface area contributed by atoms with Crippen LogP contribution in [-0.2, 0) is 0 Å². The van der Waals surface area contributed by atoms with Crippen molar-refractivity contribution in [2.24, 2.45) is 0 Å². The van der Waals surface area contributed by atoms with Crippen LogP contribution in [0.25, 0.3) is 0 Å². The molecule has 0 bridgehead atoms. The Morgan fingerprint density at radius 3 is 2.50 bits per heavy atom. The first kappa shape index (κ1) is 11.7. The maximum absolute atomic E-state index is 9.68. The number of halogens is 1. The van der Waals surface area contributed by atoms with Crippen molar-refractivity contribution in [3.63, 3.8) is 0 Å². The van der Waals surface area contributed by atoms with E-state index in [1.54, 1.807) is 0 Å². The molecule has 0 aliphatic heterocycles. The summed E-state index contributed by atoms with van der Waals surface area (Å²) in [6.07, 6.45) is -0.519. The topological polar surface area (TPSA) is 52.5 Å². The molecule has 78 valence electrons. The van der Waals surface area contributed by atoms with E-state index in [2.05, 4.69) is 21.2 Å². The second kappa shape index (κ2) is 6.14. The van der Waals surface area contributed by atoms with Crippen molar-refractivity contribution in [1.82, 2.24) is 5.32 Å². The lowest BCUT2D eigenvalue weighted by Gasteiger charge is -2.11. The Balaban J connectivity index is 2.43. The highest BCUT2D eigenvalue weighted by atomic mass is 79.9. The zero-order chi connectivity index (χ0) is 10.4. The minimum Gasteiger partial charge on any atom is -0.395 e. The van der Waals surface area contributed by atoms with Crippen molar-refractivity contribution >= 4 is 15.9 Å². The first-order valence-electron chi connectivity index (χ1n) is 4.49. The third kappa shape index (κ3) is 3.75. The van der Waals surface area contributed by atoms with Gasteiger partial charge in [0.05, 0.1) is 12.7 Å². The van der Waals surface area contributed by atoms with Crippen LogP contribution in [0, 0.1) is 0 Å². The highest BCUT2D eigenvalue weighted by Gasteiger charge is 2.05. The summed E-state index contributed by atoms with van der Waals surface area (Å²) in [6, 6.07) is 7.53. The van der Waals surface area contributed by atoms with E-state index in [9.17, 15) is 5.11 Å². The van der Waals surface area contributed by atoms with Gasteiger partial charge >= 0.3 is 0 Å². The van der Waals surface area contributed by atoms with Crippen molar-refractivity contribution in [3.05, 3.63) is 34.3 Å². The summed E-state index contributed by atoms with van der Waals surface area (Å²) < 4.78 is 0.997. The molecule has 4 heteroatoms. The lowest BCUT2D eigenvalue weighted by Crippen LogP contribution is -2.24. The predicted octanol–water partition coefficient (Wildman–Crippen LogP) is 1.06. The van der Waals surface area contributed by atoms with E-state index in [0.29, 0.717) is 13.1 Å². The number of benzene rings is 1. The monoisotopic (exact) mass is 259 g/mol. The largest absolute Gasteiger partial charge is 0.395 e. The normalized spacial score (nSPS) is 12.8. The third-order valence-corrected chi connectivity index (χ3v) is 2.41. The fraction of sp³-hybridized carbons (Fsp3) is 0.400. The second-order valence-electron chi connectivity index (χ2n) is 3.00. The van der Waals surface area contributed by atoms with E-state index in [0.717, 1.165) is 10.0 Å². The molecule has 14 heavy (non-hydrogen) atoms. The molecule has 1 rings (SSSR count). The van der Waals surface area contributed by atoms with Crippen molar-refractivity contribution in [2.75, 3.05) is 19.7 Å². The fourth-order valence-electron chi connectivity index (χ4n) is 1.12. The maximum atomic E-state index is 9.68. The Morgan fingerprint density at radius 2 is 1.93 bits per heavy atom. The van der Waals surface area contributed by atoms with Gasteiger partial charge in [0, 0.05) is 17.6 Å². The zero-order valence-corrected chi connectivity index (χ0v) is 9.37. The molecular formula is C10H14BrNO2. The molecule has 0 heterocycles. The Morgan fingerprint density at radius 1 is 1.29 bits per heavy atom. The Bertz CT molecular complexity index is 263. The summed E-state index contributed by atoms with van der Waals surface area (Å²) >= 11 is 3.33. The first-order valence-corrected chi connectivity index (χ1v) is 5.28. The van der Waals surface area contributed by atoms with Crippen LogP contribution in [0.2, 0.25) is 0 Å². The highest BCUT2D eigenvalue weighted by molar-refractivity contribution is 9.10. The van der Waals surface area contributed by atoms with Gasteiger partial charge in [0.15, 0.2) is 0 Å². The summed E-state index contributed by atoms with van der Waals surface area (Å²) in [7, 11) is 0. The SMILES string of the molecule is OCCNCC(O)c1ccc(Br)cc1. The van der Waals surface area contributed by atoms with E-state index in [1.807, 2.05) is 24.3 Å². The smallest absolute Gasteiger partial charge is 0.0914 e. The summed E-state index contributed by atoms with van der Waals surface area (Å²) in [5.74, 6) is 0. The molecule has 1 aromatic rings. The van der Waals surface area contributed by atoms with Crippen molar-refractivity contribution < 1.29 is 10.2 Å². The number of rotatable bonds is 5. The number of aliphatic hydroxyl groups excluding tert-OH is 2. The van der Waals surface area contributed by atoms with Gasteiger partial charge in [-0.05, 0) is 17.7 Å². The van der Waals surface area contributed by atoms with E-state index < -0.39 is 6.10 Å². The maximum Gasteiger partial charge on any atom is 0.0914 e. The molecule has 0 aromatic heterocycles. The molecule has 0 spiro atoms. The van der Waals surface area contributed by atoms with Crippen LogP contribution in [0.15, 0.2) is 28.7 Å². The van der Waals surface area contributed by atoms with Crippen LogP contribution in [0.1, 0.15) is 11.7 Å². The van der Waals surface area contributed by atoms with E-state index >= 15 is 0 Å². The summed E-state index contributed by atoms with van der Waals surface area (Å²) in [5.41, 5.74) is 0.874. The quantitative estimate of drug-likeness (QED) is 0.694. The molecule has 1 unspecified atom stereocenters. The van der Waals surface area contributed by atoms with Gasteiger partial charge in [0.1, 0.15) is 0 Å². The lowest BCUT2D eigenvalue weighted by molar-refractivity contribution is 0.171. The Hall–Kier alpha value is -0.420. The number of hydrogen-bond donors (Lipinski definition) is 3. The van der Waals surface area contributed by atoms with Gasteiger partial charge in [0.25, 0.3) is 0 Å². The van der Waals surface area contributed by atoms with Gasteiger partial charge in [-0.15, -0.1) is 0 Å². The van der Waals surface area contributed by atoms with Crippen LogP contribution >= 0.6 is 15.9 Å². The summed E-state index contributed by atoms with van der Waals surface area (Å²) in [5, 5.41) is 21.2. The predicted molar refractivity (Wildman–Crippen MR) is 59.1 cm³/mol. The van der Waals surface area contributed by atoms with Gasteiger partial charge < -0.3 is 15.5 Å². The molecule has 3 nitrogen and oxygen atoms in total. The standard InChI is InChI=1S/C10H14BrNO2/c11-9-3-1-8(2-4-9)10(14)7-12-5-6-13/h1-4,10,12-14H,5-7H2. The van der Waals surface area contributed by atoms with Gasteiger partial charge in [-0.2, -0.15) is 0 Å². The van der Waals surface area contributed by atoms with Crippen LogP contribution < -0.4 is 5.32 Å². The van der Waals surface area contributed by atoms with Crippen LogP contribution in [0.4, 0.5) is 0 Å². The van der Waals surface area contributed by atoms with E-state index in [-0.39, 0.29) is 6.61 Å². The molecule has 3 N–H and O–H groups in total. The molecule has 0 aliphatic carbocycles. The first-order chi connectivity index (χ1) is 6.74. The van der Waals surface area contributed by atoms with Crippen LogP contribution in [0.5, 0.6) is 0 Å². The van der Waals surface area contributed by atoms with Gasteiger partial charge in [-0.25, -0.2) is 0 Å². The molecule has 1 atom stereocenters. The van der Waals surface area contributed by atoms with Crippen molar-refractivity contribution in [2.45, 2.75) is 6.10 Å². The second-order valence-corrected chi connectivity index (χ2v) is 3.91. The molecule has 0 radical (unpaired) electrons. The van der Waals surface area contributed by atoms with Crippen molar-refractivity contribution in [1.29, 1.82) is 0 Å². The fourth-order valence-corrected chi connectivity index (χ4v) is 1.38. The van der Waals surface area contributed by atoms with Gasteiger partial charge in [0.2, 0.25) is 0 Å². The van der Waals surface area contributed by atoms with E-state index in [1.165, 1.54) is 0 Å². The lowest BCUT2D eigenvalue weighted by atomic mass is 10.1. The summed E-state index contributed by atoms with van der Waals surface area (Å²) in [4.78, 5) is 0. The van der Waals surface area contributed by atoms with Gasteiger partial charge in [-0.3, -0.25) is 0 Å². The van der Waals surface area contributed by atoms with Crippen LogP contribution in [-0.4, -0.2) is 29.9 Å². The molecular weight excluding hydrogens is 246 g/mol. The molecule has 0 amide bonds. The van der Waals surface area contributed by atoms with E-state index in [4.69, 9.17) is 5.11 Å². The minimum absolute atomic E-state index is 0.0903. The average molecular weight is 260 g/mol. The van der Waals surface area contributed by atoms with Crippen LogP contribution in [0.3, 0.4) is 0 Å². The highest BCUT2D eigenvalue weighted by Crippen LogP contribution is 2.15. The molecule has 0 saturated heterocycles. The molecule has 0 aliphatic rings. The van der Waals surface area contributed by atoms with Crippen molar-refractivity contribution in [3.8, 4) is 0 Å². The third-order valence-electron chi connectivity index (χ3n) is 1.88.